The molecule has 4 nitrogen and oxygen atoms in total. The molecule has 26 heavy (non-hydrogen) atoms. The van der Waals surface area contributed by atoms with Crippen LogP contribution in [0.5, 0.6) is 0 Å². The molecule has 0 unspecified atom stereocenters. The maximum absolute atomic E-state index is 6.02. The largest absolute Gasteiger partial charge is 0.475 e. The number of nitrogens with zero attached hydrogens (tertiary/aromatic N) is 2. The minimum Gasteiger partial charge on any atom is -0.475 e. The Labute approximate surface area is 158 Å². The molecule has 0 bridgehead atoms. The minimum atomic E-state index is -1.68. The Balaban J connectivity index is 2.08. The minimum absolute atomic E-state index is 0.244. The molecule has 0 spiro atoms. The fourth-order valence-electron chi connectivity index (χ4n) is 3.47. The third kappa shape index (κ3) is 3.73. The maximum Gasteiger partial charge on any atom is 0.216 e. The van der Waals surface area contributed by atoms with Crippen molar-refractivity contribution in [1.82, 2.24) is 0 Å². The second-order valence-electron chi connectivity index (χ2n) is 9.09. The molecule has 0 aromatic heterocycles. The van der Waals surface area contributed by atoms with E-state index in [-0.39, 0.29) is 12.1 Å². The number of hydrogen-bond donors (Lipinski definition) is 0. The summed E-state index contributed by atoms with van der Waals surface area (Å²) >= 11 is 0. The van der Waals surface area contributed by atoms with Gasteiger partial charge in [-0.2, -0.15) is 0 Å². The summed E-state index contributed by atoms with van der Waals surface area (Å²) in [5, 5.41) is 1.34. The molecule has 2 aliphatic rings. The molecule has 1 aromatic rings. The zero-order chi connectivity index (χ0) is 19.1. The first-order chi connectivity index (χ1) is 12.2. The lowest BCUT2D eigenvalue weighted by atomic mass is 10.1. The molecule has 0 radical (unpaired) electrons. The predicted octanol–water partition coefficient (Wildman–Crippen LogP) is 3.83. The SMILES string of the molecule is CC(C)[C@H]1COC(c2cccc(C3=N[C@@H](C(C)C)CO3)c2[Si](C)(C)C)=N1. The summed E-state index contributed by atoms with van der Waals surface area (Å²) in [6, 6.07) is 6.86. The van der Waals surface area contributed by atoms with E-state index in [1.807, 2.05) is 0 Å². The van der Waals surface area contributed by atoms with Crippen molar-refractivity contribution in [2.75, 3.05) is 13.2 Å². The Morgan fingerprint density at radius 2 is 1.27 bits per heavy atom. The van der Waals surface area contributed by atoms with Crippen molar-refractivity contribution < 1.29 is 9.47 Å². The highest BCUT2D eigenvalue weighted by Gasteiger charge is 2.33. The summed E-state index contributed by atoms with van der Waals surface area (Å²) in [4.78, 5) is 9.76. The van der Waals surface area contributed by atoms with Gasteiger partial charge in [0.1, 0.15) is 13.2 Å². The van der Waals surface area contributed by atoms with Crippen LogP contribution in [-0.4, -0.2) is 45.2 Å². The van der Waals surface area contributed by atoms with Crippen LogP contribution in [0, 0.1) is 11.8 Å². The third-order valence-electron chi connectivity index (χ3n) is 5.16. The van der Waals surface area contributed by atoms with Gasteiger partial charge in [-0.15, -0.1) is 0 Å². The van der Waals surface area contributed by atoms with Gasteiger partial charge in [0.2, 0.25) is 11.8 Å². The first-order valence-electron chi connectivity index (χ1n) is 9.74. The Morgan fingerprint density at radius 3 is 1.58 bits per heavy atom. The van der Waals surface area contributed by atoms with Crippen molar-refractivity contribution in [3.8, 4) is 0 Å². The van der Waals surface area contributed by atoms with Crippen LogP contribution >= 0.6 is 0 Å². The molecular weight excluding hydrogens is 340 g/mol. The lowest BCUT2D eigenvalue weighted by Gasteiger charge is -2.24. The van der Waals surface area contributed by atoms with E-state index in [1.165, 1.54) is 5.19 Å². The van der Waals surface area contributed by atoms with Crippen LogP contribution in [0.2, 0.25) is 19.6 Å². The van der Waals surface area contributed by atoms with Crippen molar-refractivity contribution in [2.24, 2.45) is 21.8 Å². The van der Waals surface area contributed by atoms with Crippen molar-refractivity contribution in [3.63, 3.8) is 0 Å². The van der Waals surface area contributed by atoms with Crippen molar-refractivity contribution in [3.05, 3.63) is 29.3 Å². The summed E-state index contributed by atoms with van der Waals surface area (Å²) < 4.78 is 12.0. The molecule has 0 fully saturated rings. The van der Waals surface area contributed by atoms with E-state index in [0.29, 0.717) is 25.0 Å². The van der Waals surface area contributed by atoms with Gasteiger partial charge in [0.15, 0.2) is 0 Å². The van der Waals surface area contributed by atoms with Gasteiger partial charge >= 0.3 is 0 Å². The lowest BCUT2D eigenvalue weighted by Crippen LogP contribution is -2.45. The highest BCUT2D eigenvalue weighted by atomic mass is 28.3. The van der Waals surface area contributed by atoms with Crippen LogP contribution in [0.1, 0.15) is 38.8 Å². The maximum atomic E-state index is 6.02. The van der Waals surface area contributed by atoms with Gasteiger partial charge in [-0.25, -0.2) is 9.98 Å². The normalized spacial score (nSPS) is 23.1. The zero-order valence-electron chi connectivity index (χ0n) is 17.2. The Kier molecular flexibility index (Phi) is 5.29. The average molecular weight is 373 g/mol. The summed E-state index contributed by atoms with van der Waals surface area (Å²) in [5.74, 6) is 2.56. The quantitative estimate of drug-likeness (QED) is 0.737. The molecule has 0 aliphatic carbocycles. The second kappa shape index (κ2) is 7.18. The van der Waals surface area contributed by atoms with Gasteiger partial charge in [-0.3, -0.25) is 0 Å². The van der Waals surface area contributed by atoms with Gasteiger partial charge in [0, 0.05) is 11.1 Å². The molecule has 1 aromatic carbocycles. The fraction of sp³-hybridized carbons (Fsp3) is 0.619. The van der Waals surface area contributed by atoms with E-state index in [4.69, 9.17) is 19.5 Å². The topological polar surface area (TPSA) is 43.2 Å². The molecule has 2 aliphatic heterocycles. The number of aliphatic imine (C=N–C) groups is 2. The number of hydrogen-bond acceptors (Lipinski definition) is 4. The number of benzene rings is 1. The first-order valence-corrected chi connectivity index (χ1v) is 13.2. The van der Waals surface area contributed by atoms with Crippen LogP contribution in [0.4, 0.5) is 0 Å². The van der Waals surface area contributed by atoms with Gasteiger partial charge in [0.25, 0.3) is 0 Å². The molecular formula is C21H32N2O2Si. The van der Waals surface area contributed by atoms with Gasteiger partial charge in [-0.05, 0) is 29.2 Å². The first kappa shape index (κ1) is 19.1. The summed E-state index contributed by atoms with van der Waals surface area (Å²) in [5.41, 5.74) is 2.26. The Morgan fingerprint density at radius 1 is 0.846 bits per heavy atom. The monoisotopic (exact) mass is 372 g/mol. The summed E-state index contributed by atoms with van der Waals surface area (Å²) in [6.45, 7) is 17.2. The van der Waals surface area contributed by atoms with Crippen molar-refractivity contribution in [1.29, 1.82) is 0 Å². The molecule has 0 amide bonds. The molecule has 0 saturated carbocycles. The Bertz CT molecular complexity index is 680. The molecule has 2 heterocycles. The van der Waals surface area contributed by atoms with E-state index >= 15 is 0 Å². The van der Waals surface area contributed by atoms with Gasteiger partial charge < -0.3 is 9.47 Å². The standard InChI is InChI=1S/C21H32N2O2Si/c1-13(2)17-11-24-20(22-17)15-9-8-10-16(19(15)26(5,6)7)21-23-18(12-25-21)14(3)4/h8-10,13-14,17-18H,11-12H2,1-7H3/t17-,18-/m1/s1. The zero-order valence-corrected chi connectivity index (χ0v) is 18.2. The number of ether oxygens (including phenoxy) is 2. The molecule has 2 atom stereocenters. The summed E-state index contributed by atoms with van der Waals surface area (Å²) in [6.07, 6.45) is 0. The van der Waals surface area contributed by atoms with E-state index in [2.05, 4.69) is 65.5 Å². The van der Waals surface area contributed by atoms with E-state index in [0.717, 1.165) is 22.9 Å². The van der Waals surface area contributed by atoms with Crippen LogP contribution in [0.3, 0.4) is 0 Å². The van der Waals surface area contributed by atoms with Gasteiger partial charge in [0.05, 0.1) is 20.2 Å². The third-order valence-corrected chi connectivity index (χ3v) is 7.20. The molecule has 0 N–H and O–H groups in total. The van der Waals surface area contributed by atoms with E-state index in [9.17, 15) is 0 Å². The fourth-order valence-corrected chi connectivity index (χ4v) is 5.47. The smallest absolute Gasteiger partial charge is 0.216 e. The second-order valence-corrected chi connectivity index (χ2v) is 14.1. The molecule has 142 valence electrons. The van der Waals surface area contributed by atoms with Gasteiger partial charge in [-0.1, -0.05) is 53.4 Å². The highest BCUT2D eigenvalue weighted by molar-refractivity contribution is 6.90. The van der Waals surface area contributed by atoms with Crippen molar-refractivity contribution in [2.45, 2.75) is 59.4 Å². The highest BCUT2D eigenvalue weighted by Crippen LogP contribution is 2.23. The van der Waals surface area contributed by atoms with Crippen molar-refractivity contribution >= 4 is 25.1 Å². The van der Waals surface area contributed by atoms with Crippen LogP contribution < -0.4 is 5.19 Å². The summed E-state index contributed by atoms with van der Waals surface area (Å²) in [7, 11) is -1.68. The van der Waals surface area contributed by atoms with Crippen LogP contribution in [0.15, 0.2) is 28.2 Å². The molecule has 5 heteroatoms. The van der Waals surface area contributed by atoms with Crippen LogP contribution in [-0.2, 0) is 9.47 Å². The van der Waals surface area contributed by atoms with E-state index in [1.54, 1.807) is 0 Å². The molecule has 3 rings (SSSR count). The van der Waals surface area contributed by atoms with E-state index < -0.39 is 8.07 Å². The molecule has 0 saturated heterocycles. The number of rotatable bonds is 5. The Hall–Kier alpha value is -1.62. The average Bonchev–Trinajstić information content (AvgIpc) is 3.23. The lowest BCUT2D eigenvalue weighted by molar-refractivity contribution is 0.291. The van der Waals surface area contributed by atoms with Crippen LogP contribution in [0.25, 0.3) is 0 Å². The predicted molar refractivity (Wildman–Crippen MR) is 112 cm³/mol.